The van der Waals surface area contributed by atoms with Crippen LogP contribution in [-0.2, 0) is 6.42 Å². The zero-order valence-corrected chi connectivity index (χ0v) is 14.9. The first-order valence-electron chi connectivity index (χ1n) is 8.57. The number of ether oxygens (including phenoxy) is 1. The number of fused-ring (bicyclic) bond motifs is 1. The van der Waals surface area contributed by atoms with Gasteiger partial charge < -0.3 is 9.15 Å². The van der Waals surface area contributed by atoms with E-state index >= 15 is 0 Å². The van der Waals surface area contributed by atoms with Gasteiger partial charge in [0.05, 0.1) is 6.61 Å². The molecule has 0 unspecified atom stereocenters. The Hall–Kier alpha value is -1.77. The second-order valence-electron chi connectivity index (χ2n) is 7.11. The molecular formula is C20H28O3. The van der Waals surface area contributed by atoms with Crippen molar-refractivity contribution in [2.24, 2.45) is 11.8 Å². The monoisotopic (exact) mass is 316 g/mol. The fraction of sp³-hybridized carbons (Fsp3) is 0.550. The summed E-state index contributed by atoms with van der Waals surface area (Å²) in [7, 11) is 0. The Balaban J connectivity index is 2.27. The van der Waals surface area contributed by atoms with E-state index < -0.39 is 0 Å². The van der Waals surface area contributed by atoms with E-state index in [-0.39, 0.29) is 5.63 Å². The maximum atomic E-state index is 12.3. The molecule has 0 fully saturated rings. The van der Waals surface area contributed by atoms with Gasteiger partial charge in [-0.2, -0.15) is 0 Å². The largest absolute Gasteiger partial charge is 0.493 e. The Bertz CT molecular complexity index is 711. The minimum absolute atomic E-state index is 0.213. The van der Waals surface area contributed by atoms with E-state index in [4.69, 9.17) is 9.15 Å². The average Bonchev–Trinajstić information content (AvgIpc) is 2.46. The van der Waals surface area contributed by atoms with Crippen LogP contribution < -0.4 is 10.4 Å². The van der Waals surface area contributed by atoms with E-state index in [1.807, 2.05) is 25.1 Å². The van der Waals surface area contributed by atoms with Gasteiger partial charge in [-0.25, -0.2) is 4.79 Å². The van der Waals surface area contributed by atoms with Crippen LogP contribution >= 0.6 is 0 Å². The molecule has 0 aliphatic carbocycles. The summed E-state index contributed by atoms with van der Waals surface area (Å²) in [5, 5.41) is 1.000. The van der Waals surface area contributed by atoms with Crippen molar-refractivity contribution in [1.82, 2.24) is 0 Å². The molecule has 0 saturated carbocycles. The van der Waals surface area contributed by atoms with Gasteiger partial charge in [0.2, 0.25) is 0 Å². The molecule has 0 atom stereocenters. The minimum atomic E-state index is -0.213. The maximum Gasteiger partial charge on any atom is 0.339 e. The summed E-state index contributed by atoms with van der Waals surface area (Å²) in [5.74, 6) is 1.94. The summed E-state index contributed by atoms with van der Waals surface area (Å²) >= 11 is 0. The Labute approximate surface area is 138 Å². The topological polar surface area (TPSA) is 39.4 Å². The van der Waals surface area contributed by atoms with E-state index in [1.165, 1.54) is 0 Å². The molecule has 0 aliphatic heterocycles. The lowest BCUT2D eigenvalue weighted by Crippen LogP contribution is -2.11. The zero-order valence-electron chi connectivity index (χ0n) is 14.9. The molecule has 0 saturated heterocycles. The summed E-state index contributed by atoms with van der Waals surface area (Å²) in [4.78, 5) is 12.3. The standard InChI is InChI=1S/C20H28O3/c1-13(2)6-8-18-15(5)17-9-7-16(22-11-10-14(3)4)12-19(17)23-20(18)21/h7,9,12-14H,6,8,10-11H2,1-5H3. The molecular weight excluding hydrogens is 288 g/mol. The molecule has 2 rings (SSSR count). The van der Waals surface area contributed by atoms with Gasteiger partial charge in [0.25, 0.3) is 0 Å². The highest BCUT2D eigenvalue weighted by Gasteiger charge is 2.12. The molecule has 23 heavy (non-hydrogen) atoms. The molecule has 126 valence electrons. The Morgan fingerprint density at radius 3 is 2.43 bits per heavy atom. The van der Waals surface area contributed by atoms with Crippen LogP contribution in [-0.4, -0.2) is 6.61 Å². The van der Waals surface area contributed by atoms with Crippen molar-refractivity contribution in [1.29, 1.82) is 0 Å². The second-order valence-corrected chi connectivity index (χ2v) is 7.11. The van der Waals surface area contributed by atoms with Crippen LogP contribution in [0.25, 0.3) is 11.0 Å². The molecule has 1 aromatic carbocycles. The smallest absolute Gasteiger partial charge is 0.339 e. The van der Waals surface area contributed by atoms with Gasteiger partial charge in [0.15, 0.2) is 0 Å². The van der Waals surface area contributed by atoms with E-state index in [2.05, 4.69) is 27.7 Å². The third-order valence-corrected chi connectivity index (χ3v) is 4.19. The molecule has 3 nitrogen and oxygen atoms in total. The maximum absolute atomic E-state index is 12.3. The minimum Gasteiger partial charge on any atom is -0.493 e. The Kier molecular flexibility index (Phi) is 5.86. The van der Waals surface area contributed by atoms with E-state index in [0.29, 0.717) is 24.0 Å². The van der Waals surface area contributed by atoms with Gasteiger partial charge >= 0.3 is 5.63 Å². The first kappa shape index (κ1) is 17.6. The predicted molar refractivity (Wildman–Crippen MR) is 95.3 cm³/mol. The quantitative estimate of drug-likeness (QED) is 0.666. The van der Waals surface area contributed by atoms with E-state index in [9.17, 15) is 4.79 Å². The summed E-state index contributed by atoms with van der Waals surface area (Å²) in [6, 6.07) is 5.79. The van der Waals surface area contributed by atoms with Gasteiger partial charge in [-0.05, 0) is 55.7 Å². The van der Waals surface area contributed by atoms with Crippen molar-refractivity contribution in [2.45, 2.75) is 53.9 Å². The number of hydrogen-bond acceptors (Lipinski definition) is 3. The fourth-order valence-corrected chi connectivity index (χ4v) is 2.60. The molecule has 2 aromatic rings. The third kappa shape index (κ3) is 4.60. The van der Waals surface area contributed by atoms with E-state index in [1.54, 1.807) is 0 Å². The number of hydrogen-bond donors (Lipinski definition) is 0. The third-order valence-electron chi connectivity index (χ3n) is 4.19. The first-order chi connectivity index (χ1) is 10.9. The lowest BCUT2D eigenvalue weighted by Gasteiger charge is -2.11. The lowest BCUT2D eigenvalue weighted by atomic mass is 9.98. The molecule has 3 heteroatoms. The zero-order chi connectivity index (χ0) is 17.0. The van der Waals surface area contributed by atoms with Gasteiger partial charge in [-0.1, -0.05) is 27.7 Å². The summed E-state index contributed by atoms with van der Waals surface area (Å²) in [6.45, 7) is 11.4. The predicted octanol–water partition coefficient (Wildman–Crippen LogP) is 5.11. The van der Waals surface area contributed by atoms with Crippen LogP contribution in [0.5, 0.6) is 5.75 Å². The highest BCUT2D eigenvalue weighted by atomic mass is 16.5. The fourth-order valence-electron chi connectivity index (χ4n) is 2.60. The van der Waals surface area contributed by atoms with Gasteiger partial charge in [0, 0.05) is 17.0 Å². The molecule has 0 amide bonds. The highest BCUT2D eigenvalue weighted by Crippen LogP contribution is 2.25. The van der Waals surface area contributed by atoms with Gasteiger partial charge in [-0.3, -0.25) is 0 Å². The van der Waals surface area contributed by atoms with Gasteiger partial charge in [0.1, 0.15) is 11.3 Å². The summed E-state index contributed by atoms with van der Waals surface area (Å²) in [5.41, 5.74) is 2.24. The van der Waals surface area contributed by atoms with Gasteiger partial charge in [-0.15, -0.1) is 0 Å². The Morgan fingerprint density at radius 1 is 1.09 bits per heavy atom. The first-order valence-corrected chi connectivity index (χ1v) is 8.57. The van der Waals surface area contributed by atoms with Crippen LogP contribution in [0.2, 0.25) is 0 Å². The molecule has 1 heterocycles. The van der Waals surface area contributed by atoms with Crippen LogP contribution in [0.4, 0.5) is 0 Å². The van der Waals surface area contributed by atoms with Crippen molar-refractivity contribution in [3.63, 3.8) is 0 Å². The van der Waals surface area contributed by atoms with Crippen LogP contribution in [0.15, 0.2) is 27.4 Å². The molecule has 0 N–H and O–H groups in total. The van der Waals surface area contributed by atoms with E-state index in [0.717, 1.165) is 41.5 Å². The molecule has 0 spiro atoms. The summed E-state index contributed by atoms with van der Waals surface area (Å²) < 4.78 is 11.3. The average molecular weight is 316 g/mol. The van der Waals surface area contributed by atoms with Crippen LogP contribution in [0, 0.1) is 18.8 Å². The number of rotatable bonds is 7. The van der Waals surface area contributed by atoms with Crippen LogP contribution in [0.1, 0.15) is 51.7 Å². The van der Waals surface area contributed by atoms with Crippen molar-refractivity contribution < 1.29 is 9.15 Å². The molecule has 0 bridgehead atoms. The van der Waals surface area contributed by atoms with Crippen molar-refractivity contribution in [2.75, 3.05) is 6.61 Å². The normalized spacial score (nSPS) is 11.6. The molecule has 0 radical (unpaired) electrons. The number of benzene rings is 1. The number of aryl methyl sites for hydroxylation is 1. The summed E-state index contributed by atoms with van der Waals surface area (Å²) in [6.07, 6.45) is 2.77. The Morgan fingerprint density at radius 2 is 1.78 bits per heavy atom. The van der Waals surface area contributed by atoms with Crippen molar-refractivity contribution >= 4 is 11.0 Å². The lowest BCUT2D eigenvalue weighted by molar-refractivity contribution is 0.289. The van der Waals surface area contributed by atoms with Crippen molar-refractivity contribution in [3.8, 4) is 5.75 Å². The molecule has 1 aromatic heterocycles. The SMILES string of the molecule is Cc1c(CCC(C)C)c(=O)oc2cc(OCCC(C)C)ccc12. The highest BCUT2D eigenvalue weighted by molar-refractivity contribution is 5.82. The van der Waals surface area contributed by atoms with Crippen LogP contribution in [0.3, 0.4) is 0 Å². The van der Waals surface area contributed by atoms with Crippen molar-refractivity contribution in [3.05, 3.63) is 39.7 Å². The second kappa shape index (κ2) is 7.67. The molecule has 0 aliphatic rings.